The largest absolute Gasteiger partial charge is 0.491 e. The van der Waals surface area contributed by atoms with Crippen molar-refractivity contribution < 1.29 is 9.53 Å². The van der Waals surface area contributed by atoms with Gasteiger partial charge in [-0.25, -0.2) is 4.98 Å². The van der Waals surface area contributed by atoms with Gasteiger partial charge in [-0.2, -0.15) is 0 Å². The topological polar surface area (TPSA) is 136 Å². The fourth-order valence-electron chi connectivity index (χ4n) is 2.15. The number of anilines is 1. The Morgan fingerprint density at radius 1 is 1.38 bits per heavy atom. The summed E-state index contributed by atoms with van der Waals surface area (Å²) in [5.74, 6) is 0.788. The molecule has 0 fully saturated rings. The van der Waals surface area contributed by atoms with Crippen molar-refractivity contribution >= 4 is 11.7 Å². The molecule has 0 saturated carbocycles. The van der Waals surface area contributed by atoms with Gasteiger partial charge in [0, 0.05) is 25.6 Å². The van der Waals surface area contributed by atoms with Crippen molar-refractivity contribution in [2.24, 2.45) is 5.73 Å². The van der Waals surface area contributed by atoms with Gasteiger partial charge in [-0.3, -0.25) is 9.59 Å². The minimum absolute atomic E-state index is 0.149. The Morgan fingerprint density at radius 2 is 2.17 bits per heavy atom. The molecule has 0 radical (unpaired) electrons. The number of carbonyl (C=O) groups excluding carboxylic acids is 1. The molecule has 0 aliphatic rings. The van der Waals surface area contributed by atoms with Crippen molar-refractivity contribution in [1.82, 2.24) is 15.3 Å². The van der Waals surface area contributed by atoms with Crippen LogP contribution in [0.2, 0.25) is 0 Å². The summed E-state index contributed by atoms with van der Waals surface area (Å²) in [6, 6.07) is 6.57. The highest BCUT2D eigenvalue weighted by atomic mass is 16.5. The summed E-state index contributed by atoms with van der Waals surface area (Å²) in [6.07, 6.45) is 0.358. The molecule has 1 aromatic heterocycles. The van der Waals surface area contributed by atoms with Crippen LogP contribution >= 0.6 is 0 Å². The molecule has 128 valence electrons. The van der Waals surface area contributed by atoms with Crippen molar-refractivity contribution in [3.05, 3.63) is 51.6 Å². The third-order valence-corrected chi connectivity index (χ3v) is 3.21. The van der Waals surface area contributed by atoms with E-state index >= 15 is 0 Å². The van der Waals surface area contributed by atoms with Crippen LogP contribution < -0.4 is 27.1 Å². The number of aromatic amines is 1. The van der Waals surface area contributed by atoms with Crippen LogP contribution in [0, 0.1) is 6.92 Å². The first-order chi connectivity index (χ1) is 11.5. The lowest BCUT2D eigenvalue weighted by Gasteiger charge is -2.12. The lowest BCUT2D eigenvalue weighted by atomic mass is 10.1. The van der Waals surface area contributed by atoms with E-state index in [0.717, 1.165) is 5.56 Å². The minimum atomic E-state index is -0.319. The van der Waals surface area contributed by atoms with Crippen molar-refractivity contribution in [3.63, 3.8) is 0 Å². The normalized spacial score (nSPS) is 10.4. The lowest BCUT2D eigenvalue weighted by molar-refractivity contribution is 0.0950. The molecular formula is C16H21N5O3. The summed E-state index contributed by atoms with van der Waals surface area (Å²) in [5, 5.41) is 2.78. The average Bonchev–Trinajstić information content (AvgIpc) is 2.52. The third-order valence-electron chi connectivity index (χ3n) is 3.21. The predicted octanol–water partition coefficient (Wildman–Crippen LogP) is -0.0295. The highest BCUT2D eigenvalue weighted by Gasteiger charge is 2.13. The van der Waals surface area contributed by atoms with Gasteiger partial charge in [-0.15, -0.1) is 0 Å². The van der Waals surface area contributed by atoms with Gasteiger partial charge < -0.3 is 26.5 Å². The van der Waals surface area contributed by atoms with E-state index in [9.17, 15) is 9.59 Å². The zero-order valence-electron chi connectivity index (χ0n) is 13.5. The minimum Gasteiger partial charge on any atom is -0.491 e. The Bertz CT molecular complexity index is 773. The summed E-state index contributed by atoms with van der Waals surface area (Å²) in [5.41, 5.74) is 12.0. The van der Waals surface area contributed by atoms with Crippen LogP contribution in [0.5, 0.6) is 5.75 Å². The average molecular weight is 331 g/mol. The number of benzene rings is 1. The Hall–Kier alpha value is -2.87. The van der Waals surface area contributed by atoms with Crippen LogP contribution in [-0.2, 0) is 6.42 Å². The van der Waals surface area contributed by atoms with Crippen molar-refractivity contribution in [2.45, 2.75) is 13.3 Å². The molecule has 1 amide bonds. The first-order valence-electron chi connectivity index (χ1n) is 7.57. The molecule has 0 bridgehead atoms. The number of aryl methyl sites for hydroxylation is 1. The Morgan fingerprint density at radius 3 is 2.88 bits per heavy atom. The number of hydrogen-bond donors (Lipinski definition) is 4. The van der Waals surface area contributed by atoms with Crippen LogP contribution in [0.1, 0.15) is 21.7 Å². The lowest BCUT2D eigenvalue weighted by Crippen LogP contribution is -2.27. The number of aromatic nitrogens is 2. The van der Waals surface area contributed by atoms with Gasteiger partial charge in [0.1, 0.15) is 24.0 Å². The maximum absolute atomic E-state index is 12.4. The van der Waals surface area contributed by atoms with Gasteiger partial charge in [0.15, 0.2) is 0 Å². The first-order valence-corrected chi connectivity index (χ1v) is 7.57. The van der Waals surface area contributed by atoms with Crippen LogP contribution in [0.3, 0.4) is 0 Å². The Kier molecular flexibility index (Phi) is 5.91. The predicted molar refractivity (Wildman–Crippen MR) is 91.0 cm³/mol. The van der Waals surface area contributed by atoms with E-state index in [0.29, 0.717) is 43.3 Å². The summed E-state index contributed by atoms with van der Waals surface area (Å²) < 4.78 is 5.50. The van der Waals surface area contributed by atoms with Crippen LogP contribution in [-0.4, -0.2) is 35.6 Å². The van der Waals surface area contributed by atoms with Gasteiger partial charge in [-0.05, 0) is 19.1 Å². The number of H-pyrrole nitrogens is 1. The SMILES string of the molecule is Cc1ccc(OCCN)c(C(=O)NCCc2nc(N)cc(=O)[nH]2)c1. The number of amides is 1. The van der Waals surface area contributed by atoms with E-state index in [-0.39, 0.29) is 17.3 Å². The van der Waals surface area contributed by atoms with Gasteiger partial charge >= 0.3 is 0 Å². The van der Waals surface area contributed by atoms with Gasteiger partial charge in [-0.1, -0.05) is 11.6 Å². The number of ether oxygens (including phenoxy) is 1. The summed E-state index contributed by atoms with van der Waals surface area (Å²) in [7, 11) is 0. The molecule has 0 aliphatic carbocycles. The number of carbonyl (C=O) groups is 1. The zero-order valence-corrected chi connectivity index (χ0v) is 13.5. The van der Waals surface area contributed by atoms with E-state index in [1.807, 2.05) is 13.0 Å². The Labute approximate surface area is 139 Å². The molecule has 0 spiro atoms. The fourth-order valence-corrected chi connectivity index (χ4v) is 2.15. The van der Waals surface area contributed by atoms with Gasteiger partial charge in [0.05, 0.1) is 5.56 Å². The van der Waals surface area contributed by atoms with Crippen molar-refractivity contribution in [2.75, 3.05) is 25.4 Å². The fraction of sp³-hybridized carbons (Fsp3) is 0.312. The highest BCUT2D eigenvalue weighted by molar-refractivity contribution is 5.97. The maximum Gasteiger partial charge on any atom is 0.255 e. The molecule has 0 saturated heterocycles. The van der Waals surface area contributed by atoms with Crippen LogP contribution in [0.15, 0.2) is 29.1 Å². The van der Waals surface area contributed by atoms with Gasteiger partial charge in [0.25, 0.3) is 11.5 Å². The summed E-state index contributed by atoms with van der Waals surface area (Å²) in [4.78, 5) is 30.3. The molecule has 1 heterocycles. The van der Waals surface area contributed by atoms with Crippen LogP contribution in [0.25, 0.3) is 0 Å². The summed E-state index contributed by atoms with van der Waals surface area (Å²) in [6.45, 7) is 2.89. The van der Waals surface area contributed by atoms with Gasteiger partial charge in [0.2, 0.25) is 0 Å². The molecule has 0 unspecified atom stereocenters. The number of nitrogens with zero attached hydrogens (tertiary/aromatic N) is 1. The van der Waals surface area contributed by atoms with Crippen molar-refractivity contribution in [1.29, 1.82) is 0 Å². The van der Waals surface area contributed by atoms with E-state index < -0.39 is 0 Å². The first kappa shape index (κ1) is 17.5. The maximum atomic E-state index is 12.4. The second-order valence-electron chi connectivity index (χ2n) is 5.26. The summed E-state index contributed by atoms with van der Waals surface area (Å²) >= 11 is 0. The quantitative estimate of drug-likeness (QED) is 0.562. The molecule has 0 atom stereocenters. The van der Waals surface area contributed by atoms with Crippen LogP contribution in [0.4, 0.5) is 5.82 Å². The smallest absolute Gasteiger partial charge is 0.255 e. The molecule has 24 heavy (non-hydrogen) atoms. The monoisotopic (exact) mass is 331 g/mol. The molecule has 6 N–H and O–H groups in total. The van der Waals surface area contributed by atoms with E-state index in [2.05, 4.69) is 15.3 Å². The van der Waals surface area contributed by atoms with E-state index in [1.54, 1.807) is 12.1 Å². The molecule has 2 aromatic rings. The molecule has 1 aromatic carbocycles. The molecule has 2 rings (SSSR count). The number of nitrogens with one attached hydrogen (secondary N) is 2. The third kappa shape index (κ3) is 4.82. The van der Waals surface area contributed by atoms with E-state index in [4.69, 9.17) is 16.2 Å². The molecule has 8 heteroatoms. The molecular weight excluding hydrogens is 310 g/mol. The number of nitrogens with two attached hydrogens (primary N) is 2. The highest BCUT2D eigenvalue weighted by Crippen LogP contribution is 2.19. The second-order valence-corrected chi connectivity index (χ2v) is 5.26. The number of hydrogen-bond acceptors (Lipinski definition) is 6. The second kappa shape index (κ2) is 8.11. The molecule has 8 nitrogen and oxygen atoms in total. The molecule has 0 aliphatic heterocycles. The Balaban J connectivity index is 2.01. The number of nitrogen functional groups attached to an aromatic ring is 1. The number of rotatable bonds is 7. The van der Waals surface area contributed by atoms with Crippen molar-refractivity contribution in [3.8, 4) is 5.75 Å². The van der Waals surface area contributed by atoms with E-state index in [1.165, 1.54) is 6.07 Å². The standard InChI is InChI=1S/C16H21N5O3/c1-10-2-3-12(24-7-5-17)11(8-10)16(23)19-6-4-14-20-13(18)9-15(22)21-14/h2-3,8-9H,4-7,17H2,1H3,(H,19,23)(H3,18,20,21,22). The zero-order chi connectivity index (χ0) is 17.5.